The van der Waals surface area contributed by atoms with Gasteiger partial charge in [-0.25, -0.2) is 4.39 Å². The summed E-state index contributed by atoms with van der Waals surface area (Å²) < 4.78 is 18.9. The van der Waals surface area contributed by atoms with Gasteiger partial charge in [0, 0.05) is 19.0 Å². The molecule has 0 saturated carbocycles. The summed E-state index contributed by atoms with van der Waals surface area (Å²) in [4.78, 5) is 13.3. The molecule has 0 bridgehead atoms. The number of rotatable bonds is 4. The second-order valence-electron chi connectivity index (χ2n) is 4.72. The number of hydrogen-bond donors (Lipinski definition) is 0. The van der Waals surface area contributed by atoms with Crippen LogP contribution in [0.1, 0.15) is 12.8 Å². The summed E-state index contributed by atoms with van der Waals surface area (Å²) in [5.41, 5.74) is 0. The Bertz CT molecular complexity index is 441. The zero-order chi connectivity index (χ0) is 13.7. The molecule has 1 unspecified atom stereocenters. The van der Waals surface area contributed by atoms with Crippen molar-refractivity contribution in [2.45, 2.75) is 12.8 Å². The van der Waals surface area contributed by atoms with Crippen molar-refractivity contribution in [2.75, 3.05) is 25.6 Å². The lowest BCUT2D eigenvalue weighted by atomic mass is 9.99. The average molecular weight is 286 g/mol. The number of ether oxygens (including phenoxy) is 1. The van der Waals surface area contributed by atoms with Gasteiger partial charge in [0.1, 0.15) is 5.88 Å². The second kappa shape index (κ2) is 6.75. The molecule has 104 valence electrons. The van der Waals surface area contributed by atoms with E-state index >= 15 is 0 Å². The fourth-order valence-corrected chi connectivity index (χ4v) is 2.45. The number of nitrogens with zero attached hydrogens (tertiary/aromatic N) is 1. The predicted molar refractivity (Wildman–Crippen MR) is 71.9 cm³/mol. The van der Waals surface area contributed by atoms with Crippen LogP contribution in [0.3, 0.4) is 0 Å². The molecule has 1 amide bonds. The lowest BCUT2D eigenvalue weighted by Gasteiger charge is -2.32. The van der Waals surface area contributed by atoms with Crippen LogP contribution >= 0.6 is 11.6 Å². The number of benzene rings is 1. The van der Waals surface area contributed by atoms with Gasteiger partial charge in [-0.2, -0.15) is 0 Å². The number of carbonyl (C=O) groups excluding carboxylic acids is 1. The Morgan fingerprint density at radius 2 is 2.26 bits per heavy atom. The van der Waals surface area contributed by atoms with Crippen LogP contribution in [0, 0.1) is 11.7 Å². The Kier molecular flexibility index (Phi) is 5.02. The van der Waals surface area contributed by atoms with Gasteiger partial charge in [-0.3, -0.25) is 4.79 Å². The number of amides is 1. The van der Waals surface area contributed by atoms with Crippen LogP contribution in [0.15, 0.2) is 24.3 Å². The fraction of sp³-hybridized carbons (Fsp3) is 0.500. The number of hydrogen-bond acceptors (Lipinski definition) is 2. The second-order valence-corrected chi connectivity index (χ2v) is 4.99. The van der Waals surface area contributed by atoms with E-state index in [9.17, 15) is 9.18 Å². The van der Waals surface area contributed by atoms with Crippen LogP contribution < -0.4 is 4.74 Å². The molecule has 1 aromatic carbocycles. The van der Waals surface area contributed by atoms with E-state index in [2.05, 4.69) is 0 Å². The summed E-state index contributed by atoms with van der Waals surface area (Å²) in [6.07, 6.45) is 1.93. The smallest absolute Gasteiger partial charge is 0.237 e. The SMILES string of the molecule is O=C(CCl)N1CCCC(COc2ccccc2F)C1. The Morgan fingerprint density at radius 1 is 1.47 bits per heavy atom. The van der Waals surface area contributed by atoms with Gasteiger partial charge in [0.15, 0.2) is 11.6 Å². The maximum atomic E-state index is 13.4. The number of halogens is 2. The molecule has 0 spiro atoms. The molecule has 1 aliphatic rings. The quantitative estimate of drug-likeness (QED) is 0.796. The van der Waals surface area contributed by atoms with Crippen LogP contribution in [0.4, 0.5) is 4.39 Å². The number of para-hydroxylation sites is 1. The van der Waals surface area contributed by atoms with Gasteiger partial charge in [-0.1, -0.05) is 12.1 Å². The highest BCUT2D eigenvalue weighted by Gasteiger charge is 2.23. The van der Waals surface area contributed by atoms with Gasteiger partial charge >= 0.3 is 0 Å². The lowest BCUT2D eigenvalue weighted by molar-refractivity contribution is -0.130. The number of piperidine rings is 1. The van der Waals surface area contributed by atoms with Crippen molar-refractivity contribution in [3.63, 3.8) is 0 Å². The van der Waals surface area contributed by atoms with Crippen molar-refractivity contribution in [3.05, 3.63) is 30.1 Å². The molecule has 0 radical (unpaired) electrons. The van der Waals surface area contributed by atoms with Crippen LogP contribution in [0.25, 0.3) is 0 Å². The molecule has 2 rings (SSSR count). The number of alkyl halides is 1. The standard InChI is InChI=1S/C14H17ClFNO2/c15-8-14(18)17-7-3-4-11(9-17)10-19-13-6-2-1-5-12(13)16/h1-2,5-6,11H,3-4,7-10H2. The van der Waals surface area contributed by atoms with E-state index in [1.54, 1.807) is 23.1 Å². The van der Waals surface area contributed by atoms with E-state index < -0.39 is 0 Å². The van der Waals surface area contributed by atoms with Gasteiger partial charge in [-0.05, 0) is 25.0 Å². The Morgan fingerprint density at radius 3 is 3.00 bits per heavy atom. The first kappa shape index (κ1) is 14.1. The minimum atomic E-state index is -0.355. The highest BCUT2D eigenvalue weighted by molar-refractivity contribution is 6.27. The first-order valence-corrected chi connectivity index (χ1v) is 6.95. The Hall–Kier alpha value is -1.29. The first-order valence-electron chi connectivity index (χ1n) is 6.41. The van der Waals surface area contributed by atoms with Gasteiger partial charge in [0.2, 0.25) is 5.91 Å². The summed E-state index contributed by atoms with van der Waals surface area (Å²) in [6.45, 7) is 1.81. The van der Waals surface area contributed by atoms with E-state index in [0.29, 0.717) is 13.2 Å². The van der Waals surface area contributed by atoms with Gasteiger partial charge < -0.3 is 9.64 Å². The molecule has 1 fully saturated rings. The lowest BCUT2D eigenvalue weighted by Crippen LogP contribution is -2.42. The third-order valence-electron chi connectivity index (χ3n) is 3.30. The maximum absolute atomic E-state index is 13.4. The van der Waals surface area contributed by atoms with Crippen LogP contribution in [0.5, 0.6) is 5.75 Å². The molecule has 1 aliphatic heterocycles. The zero-order valence-electron chi connectivity index (χ0n) is 10.6. The molecule has 1 aromatic rings. The van der Waals surface area contributed by atoms with Crippen molar-refractivity contribution >= 4 is 17.5 Å². The molecule has 1 atom stereocenters. The summed E-state index contributed by atoms with van der Waals surface area (Å²) in [5.74, 6) is 0.119. The van der Waals surface area contributed by atoms with Crippen molar-refractivity contribution in [2.24, 2.45) is 5.92 Å². The summed E-state index contributed by atoms with van der Waals surface area (Å²) in [7, 11) is 0. The zero-order valence-corrected chi connectivity index (χ0v) is 11.4. The normalized spacial score (nSPS) is 19.3. The number of likely N-dealkylation sites (tertiary alicyclic amines) is 1. The average Bonchev–Trinajstić information content (AvgIpc) is 2.46. The molecule has 0 aromatic heterocycles. The summed E-state index contributed by atoms with van der Waals surface area (Å²) in [5, 5.41) is 0. The van der Waals surface area contributed by atoms with Crippen molar-refractivity contribution in [1.82, 2.24) is 4.90 Å². The van der Waals surface area contributed by atoms with Gasteiger partial charge in [0.05, 0.1) is 6.61 Å². The fourth-order valence-electron chi connectivity index (χ4n) is 2.28. The van der Waals surface area contributed by atoms with E-state index in [1.165, 1.54) is 6.07 Å². The largest absolute Gasteiger partial charge is 0.490 e. The van der Waals surface area contributed by atoms with Crippen molar-refractivity contribution in [3.8, 4) is 5.75 Å². The van der Waals surface area contributed by atoms with Crippen LogP contribution in [0.2, 0.25) is 0 Å². The molecular formula is C14H17ClFNO2. The molecule has 5 heteroatoms. The summed E-state index contributed by atoms with van der Waals surface area (Å²) >= 11 is 5.55. The minimum Gasteiger partial charge on any atom is -0.490 e. The maximum Gasteiger partial charge on any atom is 0.237 e. The topological polar surface area (TPSA) is 29.5 Å². The highest BCUT2D eigenvalue weighted by Crippen LogP contribution is 2.20. The Balaban J connectivity index is 1.86. The van der Waals surface area contributed by atoms with Crippen molar-refractivity contribution < 1.29 is 13.9 Å². The van der Waals surface area contributed by atoms with E-state index in [4.69, 9.17) is 16.3 Å². The monoisotopic (exact) mass is 285 g/mol. The van der Waals surface area contributed by atoms with Gasteiger partial charge in [0.25, 0.3) is 0 Å². The summed E-state index contributed by atoms with van der Waals surface area (Å²) in [6, 6.07) is 6.35. The number of carbonyl (C=O) groups is 1. The molecule has 19 heavy (non-hydrogen) atoms. The molecule has 0 N–H and O–H groups in total. The van der Waals surface area contributed by atoms with E-state index in [-0.39, 0.29) is 29.3 Å². The molecule has 3 nitrogen and oxygen atoms in total. The predicted octanol–water partition coefficient (Wildman–Crippen LogP) is 2.68. The third kappa shape index (κ3) is 3.83. The Labute approximate surface area is 117 Å². The molecule has 0 aliphatic carbocycles. The molecule has 1 heterocycles. The highest BCUT2D eigenvalue weighted by atomic mass is 35.5. The van der Waals surface area contributed by atoms with E-state index in [0.717, 1.165) is 19.4 Å². The molecular weight excluding hydrogens is 269 g/mol. The third-order valence-corrected chi connectivity index (χ3v) is 3.53. The van der Waals surface area contributed by atoms with Crippen molar-refractivity contribution in [1.29, 1.82) is 0 Å². The first-order chi connectivity index (χ1) is 9.20. The molecule has 1 saturated heterocycles. The van der Waals surface area contributed by atoms with E-state index in [1.807, 2.05) is 0 Å². The van der Waals surface area contributed by atoms with Gasteiger partial charge in [-0.15, -0.1) is 11.6 Å². The van der Waals surface area contributed by atoms with Crippen LogP contribution in [-0.4, -0.2) is 36.4 Å². The minimum absolute atomic E-state index is 0.0148. The van der Waals surface area contributed by atoms with Crippen LogP contribution in [-0.2, 0) is 4.79 Å².